The van der Waals surface area contributed by atoms with E-state index in [1.54, 1.807) is 32.0 Å². The Hall–Kier alpha value is -2.54. The summed E-state index contributed by atoms with van der Waals surface area (Å²) in [6, 6.07) is 9.70. The second kappa shape index (κ2) is 8.43. The standard InChI is InChI=1S/C19H18ClF3N2O2/c1-11(2)16(25-17(26)14-8-3-4-9-15(14)20)18(27)24-13-7-5-6-12(10-13)19(21,22)23/h3-11,16H,1-2H3,(H,24,27)(H,25,26)/t16-/m0/s1. The summed E-state index contributed by atoms with van der Waals surface area (Å²) in [6.45, 7) is 3.42. The summed E-state index contributed by atoms with van der Waals surface area (Å²) < 4.78 is 38.4. The van der Waals surface area contributed by atoms with Gasteiger partial charge in [0.25, 0.3) is 5.91 Å². The van der Waals surface area contributed by atoms with Crippen molar-refractivity contribution in [2.75, 3.05) is 5.32 Å². The largest absolute Gasteiger partial charge is 0.416 e. The molecular formula is C19H18ClF3N2O2. The summed E-state index contributed by atoms with van der Waals surface area (Å²) in [4.78, 5) is 24.9. The van der Waals surface area contributed by atoms with Crippen molar-refractivity contribution < 1.29 is 22.8 Å². The lowest BCUT2D eigenvalue weighted by atomic mass is 10.0. The highest BCUT2D eigenvalue weighted by atomic mass is 35.5. The molecule has 0 unspecified atom stereocenters. The smallest absolute Gasteiger partial charge is 0.340 e. The Morgan fingerprint density at radius 1 is 1.04 bits per heavy atom. The minimum Gasteiger partial charge on any atom is -0.340 e. The Balaban J connectivity index is 2.16. The first kappa shape index (κ1) is 20.8. The van der Waals surface area contributed by atoms with Gasteiger partial charge in [-0.2, -0.15) is 13.2 Å². The summed E-state index contributed by atoms with van der Waals surface area (Å²) in [6.07, 6.45) is -4.52. The van der Waals surface area contributed by atoms with E-state index in [9.17, 15) is 22.8 Å². The summed E-state index contributed by atoms with van der Waals surface area (Å²) >= 11 is 5.98. The average molecular weight is 399 g/mol. The van der Waals surface area contributed by atoms with Crippen LogP contribution in [0.5, 0.6) is 0 Å². The lowest BCUT2D eigenvalue weighted by Gasteiger charge is -2.22. The number of carbonyl (C=O) groups is 2. The highest BCUT2D eigenvalue weighted by Gasteiger charge is 2.31. The lowest BCUT2D eigenvalue weighted by Crippen LogP contribution is -2.47. The zero-order valence-corrected chi connectivity index (χ0v) is 15.4. The molecule has 144 valence electrons. The van der Waals surface area contributed by atoms with E-state index in [4.69, 9.17) is 11.6 Å². The number of alkyl halides is 3. The zero-order valence-electron chi connectivity index (χ0n) is 14.6. The van der Waals surface area contributed by atoms with E-state index in [1.165, 1.54) is 18.2 Å². The van der Waals surface area contributed by atoms with Gasteiger partial charge in [0.15, 0.2) is 0 Å². The van der Waals surface area contributed by atoms with Crippen LogP contribution in [0.15, 0.2) is 48.5 Å². The van der Waals surface area contributed by atoms with Crippen molar-refractivity contribution in [3.63, 3.8) is 0 Å². The number of nitrogens with one attached hydrogen (secondary N) is 2. The van der Waals surface area contributed by atoms with Gasteiger partial charge in [-0.3, -0.25) is 9.59 Å². The van der Waals surface area contributed by atoms with Crippen LogP contribution in [0.4, 0.5) is 18.9 Å². The van der Waals surface area contributed by atoms with Crippen molar-refractivity contribution in [1.82, 2.24) is 5.32 Å². The van der Waals surface area contributed by atoms with Crippen LogP contribution in [0.25, 0.3) is 0 Å². The highest BCUT2D eigenvalue weighted by molar-refractivity contribution is 6.33. The van der Waals surface area contributed by atoms with Crippen molar-refractivity contribution in [3.8, 4) is 0 Å². The van der Waals surface area contributed by atoms with Crippen LogP contribution >= 0.6 is 11.6 Å². The number of hydrogen-bond acceptors (Lipinski definition) is 2. The quantitative estimate of drug-likeness (QED) is 0.763. The van der Waals surface area contributed by atoms with Crippen molar-refractivity contribution in [1.29, 1.82) is 0 Å². The molecule has 4 nitrogen and oxygen atoms in total. The molecule has 8 heteroatoms. The van der Waals surface area contributed by atoms with E-state index in [0.717, 1.165) is 12.1 Å². The van der Waals surface area contributed by atoms with Crippen molar-refractivity contribution in [2.45, 2.75) is 26.1 Å². The fourth-order valence-corrected chi connectivity index (χ4v) is 2.61. The molecule has 0 heterocycles. The number of amides is 2. The number of benzene rings is 2. The first-order valence-corrected chi connectivity index (χ1v) is 8.51. The van der Waals surface area contributed by atoms with Crippen LogP contribution in [-0.4, -0.2) is 17.9 Å². The van der Waals surface area contributed by atoms with Gasteiger partial charge in [0, 0.05) is 5.69 Å². The molecule has 0 radical (unpaired) electrons. The summed E-state index contributed by atoms with van der Waals surface area (Å²) in [5.74, 6) is -1.47. The molecular weight excluding hydrogens is 381 g/mol. The summed E-state index contributed by atoms with van der Waals surface area (Å²) in [5, 5.41) is 5.23. The summed E-state index contributed by atoms with van der Waals surface area (Å²) in [7, 11) is 0. The maximum Gasteiger partial charge on any atom is 0.416 e. The Kier molecular flexibility index (Phi) is 6.49. The van der Waals surface area contributed by atoms with Gasteiger partial charge in [-0.15, -0.1) is 0 Å². The predicted molar refractivity (Wildman–Crippen MR) is 97.6 cm³/mol. The Morgan fingerprint density at radius 3 is 2.30 bits per heavy atom. The molecule has 2 aromatic rings. The fourth-order valence-electron chi connectivity index (χ4n) is 2.39. The van der Waals surface area contributed by atoms with Gasteiger partial charge < -0.3 is 10.6 Å². The van der Waals surface area contributed by atoms with Gasteiger partial charge >= 0.3 is 6.18 Å². The average Bonchev–Trinajstić information content (AvgIpc) is 2.59. The van der Waals surface area contributed by atoms with Crippen LogP contribution in [-0.2, 0) is 11.0 Å². The molecule has 2 aromatic carbocycles. The molecule has 0 aliphatic carbocycles. The number of hydrogen-bond donors (Lipinski definition) is 2. The molecule has 0 spiro atoms. The van der Waals surface area contributed by atoms with Crippen LogP contribution in [0.2, 0.25) is 5.02 Å². The molecule has 27 heavy (non-hydrogen) atoms. The number of anilines is 1. The van der Waals surface area contributed by atoms with Crippen LogP contribution in [0, 0.1) is 5.92 Å². The fraction of sp³-hybridized carbons (Fsp3) is 0.263. The predicted octanol–water partition coefficient (Wildman–Crippen LogP) is 4.75. The van der Waals surface area contributed by atoms with E-state index in [2.05, 4.69) is 10.6 Å². The maximum absolute atomic E-state index is 12.8. The van der Waals surface area contributed by atoms with Gasteiger partial charge in [0.05, 0.1) is 16.1 Å². The number of carbonyl (C=O) groups excluding carboxylic acids is 2. The molecule has 0 saturated heterocycles. The second-order valence-electron chi connectivity index (χ2n) is 6.24. The molecule has 0 fully saturated rings. The topological polar surface area (TPSA) is 58.2 Å². The van der Waals surface area contributed by atoms with E-state index in [1.807, 2.05) is 0 Å². The Bertz CT molecular complexity index is 838. The molecule has 0 saturated carbocycles. The van der Waals surface area contributed by atoms with Gasteiger partial charge in [-0.05, 0) is 36.2 Å². The van der Waals surface area contributed by atoms with E-state index in [0.29, 0.717) is 0 Å². The normalized spacial score (nSPS) is 12.6. The minimum atomic E-state index is -4.52. The first-order chi connectivity index (χ1) is 12.6. The van der Waals surface area contributed by atoms with E-state index < -0.39 is 29.6 Å². The van der Waals surface area contributed by atoms with Gasteiger partial charge in [-0.25, -0.2) is 0 Å². The number of rotatable bonds is 5. The SMILES string of the molecule is CC(C)[C@H](NC(=O)c1ccccc1Cl)C(=O)Nc1cccc(C(F)(F)F)c1. The zero-order chi connectivity index (χ0) is 20.2. The maximum atomic E-state index is 12.8. The molecule has 1 atom stereocenters. The third-order valence-electron chi connectivity index (χ3n) is 3.81. The molecule has 2 N–H and O–H groups in total. The van der Waals surface area contributed by atoms with E-state index >= 15 is 0 Å². The minimum absolute atomic E-state index is 0.00697. The molecule has 0 aliphatic heterocycles. The first-order valence-electron chi connectivity index (χ1n) is 8.13. The highest BCUT2D eigenvalue weighted by Crippen LogP contribution is 2.30. The van der Waals surface area contributed by atoms with Crippen LogP contribution < -0.4 is 10.6 Å². The van der Waals surface area contributed by atoms with Crippen molar-refractivity contribution in [3.05, 3.63) is 64.7 Å². The van der Waals surface area contributed by atoms with Gasteiger partial charge in [0.1, 0.15) is 6.04 Å². The summed E-state index contributed by atoms with van der Waals surface area (Å²) in [5.41, 5.74) is -0.675. The lowest BCUT2D eigenvalue weighted by molar-refractivity contribution is -0.137. The number of halogens is 4. The molecule has 2 amide bonds. The van der Waals surface area contributed by atoms with Gasteiger partial charge in [-0.1, -0.05) is 43.6 Å². The third-order valence-corrected chi connectivity index (χ3v) is 4.14. The van der Waals surface area contributed by atoms with E-state index in [-0.39, 0.29) is 22.2 Å². The Morgan fingerprint density at radius 2 is 1.70 bits per heavy atom. The molecule has 0 aromatic heterocycles. The third kappa shape index (κ3) is 5.47. The van der Waals surface area contributed by atoms with Gasteiger partial charge in [0.2, 0.25) is 5.91 Å². The second-order valence-corrected chi connectivity index (χ2v) is 6.65. The molecule has 0 bridgehead atoms. The molecule has 2 rings (SSSR count). The van der Waals surface area contributed by atoms with Crippen molar-refractivity contribution in [2.24, 2.45) is 5.92 Å². The molecule has 0 aliphatic rings. The monoisotopic (exact) mass is 398 g/mol. The van der Waals surface area contributed by atoms with Crippen LogP contribution in [0.1, 0.15) is 29.8 Å². The van der Waals surface area contributed by atoms with Crippen LogP contribution in [0.3, 0.4) is 0 Å². The van der Waals surface area contributed by atoms with Crippen molar-refractivity contribution >= 4 is 29.1 Å². The Labute approximate surface area is 159 Å².